The van der Waals surface area contributed by atoms with Gasteiger partial charge in [-0.2, -0.15) is 0 Å². The molecule has 0 spiro atoms. The molecule has 1 atom stereocenters. The first-order chi connectivity index (χ1) is 7.18. The largest absolute Gasteiger partial charge is 0.450 e. The normalized spacial score (nSPS) is 25.4. The fraction of sp³-hybridized carbons (Fsp3) is 0.250. The predicted molar refractivity (Wildman–Crippen MR) is 61.8 cm³/mol. The molecule has 0 aliphatic carbocycles. The third-order valence-electron chi connectivity index (χ3n) is 2.59. The second kappa shape index (κ2) is 3.81. The number of ether oxygens (including phenoxy) is 1. The molecule has 1 saturated heterocycles. The molecular weight excluding hydrogens is 256 g/mol. The van der Waals surface area contributed by atoms with Crippen molar-refractivity contribution in [3.8, 4) is 0 Å². The summed E-state index contributed by atoms with van der Waals surface area (Å²) in [6, 6.07) is 9.75. The average molecular weight is 267 g/mol. The zero-order valence-electron chi connectivity index (χ0n) is 8.20. The predicted octanol–water partition coefficient (Wildman–Crippen LogP) is 2.78. The summed E-state index contributed by atoms with van der Waals surface area (Å²) in [5.41, 5.74) is 0.988. The number of carbonyl (C=O) groups is 1. The Labute approximate surface area is 97.1 Å². The van der Waals surface area contributed by atoms with Gasteiger partial charge in [-0.25, -0.2) is 4.79 Å². The maximum absolute atomic E-state index is 11.4. The fourth-order valence-electron chi connectivity index (χ4n) is 1.76. The fourth-order valence-corrected chi connectivity index (χ4v) is 2.39. The van der Waals surface area contributed by atoms with Gasteiger partial charge in [0.15, 0.2) is 5.60 Å². The summed E-state index contributed by atoms with van der Waals surface area (Å²) in [5, 5.41) is 0.592. The van der Waals surface area contributed by atoms with Gasteiger partial charge in [0.25, 0.3) is 0 Å². The molecule has 0 N–H and O–H groups in total. The zero-order valence-corrected chi connectivity index (χ0v) is 9.79. The molecule has 0 amide bonds. The van der Waals surface area contributed by atoms with Crippen LogP contribution in [0.25, 0.3) is 0 Å². The van der Waals surface area contributed by atoms with Crippen molar-refractivity contribution in [3.63, 3.8) is 0 Å². The minimum atomic E-state index is -0.560. The second-order valence-electron chi connectivity index (χ2n) is 3.66. The number of carbonyl (C=O) groups excluding carboxylic acids is 1. The number of hydrogen-bond donors (Lipinski definition) is 0. The summed E-state index contributed by atoms with van der Waals surface area (Å²) >= 11 is 3.41. The SMILES string of the molecule is C=C1C[C@](CBr)(c2ccccc2)OC1=O. The van der Waals surface area contributed by atoms with E-state index in [0.717, 1.165) is 5.56 Å². The van der Waals surface area contributed by atoms with Crippen LogP contribution in [0, 0.1) is 0 Å². The Hall–Kier alpha value is -1.09. The maximum Gasteiger partial charge on any atom is 0.334 e. The Bertz CT molecular complexity index is 381. The lowest BCUT2D eigenvalue weighted by Crippen LogP contribution is -2.27. The molecule has 0 unspecified atom stereocenters. The number of halogens is 1. The topological polar surface area (TPSA) is 26.3 Å². The second-order valence-corrected chi connectivity index (χ2v) is 4.22. The van der Waals surface area contributed by atoms with Crippen molar-refractivity contribution < 1.29 is 9.53 Å². The van der Waals surface area contributed by atoms with Crippen LogP contribution in [0.4, 0.5) is 0 Å². The smallest absolute Gasteiger partial charge is 0.334 e. The zero-order chi connectivity index (χ0) is 10.9. The van der Waals surface area contributed by atoms with Crippen LogP contribution in [0.15, 0.2) is 42.5 Å². The number of rotatable bonds is 2. The molecule has 0 saturated carbocycles. The molecule has 2 rings (SSSR count). The molecule has 78 valence electrons. The molecule has 0 bridgehead atoms. The number of alkyl halides is 1. The lowest BCUT2D eigenvalue weighted by Gasteiger charge is -2.25. The first-order valence-electron chi connectivity index (χ1n) is 4.70. The molecule has 15 heavy (non-hydrogen) atoms. The number of benzene rings is 1. The van der Waals surface area contributed by atoms with E-state index in [1.54, 1.807) is 0 Å². The van der Waals surface area contributed by atoms with E-state index in [0.29, 0.717) is 17.3 Å². The monoisotopic (exact) mass is 266 g/mol. The van der Waals surface area contributed by atoms with Crippen molar-refractivity contribution in [2.75, 3.05) is 5.33 Å². The van der Waals surface area contributed by atoms with Gasteiger partial charge in [0, 0.05) is 17.3 Å². The van der Waals surface area contributed by atoms with Crippen molar-refractivity contribution in [3.05, 3.63) is 48.0 Å². The molecule has 1 aliphatic heterocycles. The summed E-state index contributed by atoms with van der Waals surface area (Å²) in [7, 11) is 0. The first-order valence-corrected chi connectivity index (χ1v) is 5.83. The van der Waals surface area contributed by atoms with E-state index in [1.807, 2.05) is 30.3 Å². The van der Waals surface area contributed by atoms with Gasteiger partial charge in [0.1, 0.15) is 0 Å². The summed E-state index contributed by atoms with van der Waals surface area (Å²) < 4.78 is 5.41. The van der Waals surface area contributed by atoms with Crippen LogP contribution in [-0.4, -0.2) is 11.3 Å². The quantitative estimate of drug-likeness (QED) is 0.468. The Morgan fingerprint density at radius 3 is 2.53 bits per heavy atom. The number of hydrogen-bond acceptors (Lipinski definition) is 2. The van der Waals surface area contributed by atoms with Gasteiger partial charge >= 0.3 is 5.97 Å². The van der Waals surface area contributed by atoms with Crippen LogP contribution in [0.5, 0.6) is 0 Å². The summed E-state index contributed by atoms with van der Waals surface area (Å²) in [6.07, 6.45) is 0.557. The molecule has 1 aliphatic rings. The summed E-state index contributed by atoms with van der Waals surface area (Å²) in [5.74, 6) is -0.293. The molecular formula is C12H11BrO2. The highest BCUT2D eigenvalue weighted by Crippen LogP contribution is 2.40. The van der Waals surface area contributed by atoms with Crippen LogP contribution < -0.4 is 0 Å². The summed E-state index contributed by atoms with van der Waals surface area (Å²) in [4.78, 5) is 11.4. The lowest BCUT2D eigenvalue weighted by atomic mass is 9.92. The molecule has 1 aromatic rings. The molecule has 1 aromatic carbocycles. The van der Waals surface area contributed by atoms with E-state index in [9.17, 15) is 4.79 Å². The standard InChI is InChI=1S/C12H11BrO2/c1-9-7-12(8-13,15-11(9)14)10-5-3-2-4-6-10/h2-6H,1,7-8H2/t12-/m0/s1. The minimum Gasteiger partial charge on any atom is -0.450 e. The lowest BCUT2D eigenvalue weighted by molar-refractivity contribution is -0.145. The Balaban J connectivity index is 2.40. The van der Waals surface area contributed by atoms with Crippen molar-refractivity contribution in [1.29, 1.82) is 0 Å². The van der Waals surface area contributed by atoms with Gasteiger partial charge in [-0.15, -0.1) is 0 Å². The Morgan fingerprint density at radius 1 is 1.40 bits per heavy atom. The molecule has 1 heterocycles. The van der Waals surface area contributed by atoms with E-state index < -0.39 is 5.60 Å². The maximum atomic E-state index is 11.4. The first kappa shape index (κ1) is 10.4. The van der Waals surface area contributed by atoms with Crippen LogP contribution in [0.3, 0.4) is 0 Å². The van der Waals surface area contributed by atoms with Crippen molar-refractivity contribution in [2.24, 2.45) is 0 Å². The van der Waals surface area contributed by atoms with Gasteiger partial charge in [0.2, 0.25) is 0 Å². The van der Waals surface area contributed by atoms with E-state index in [1.165, 1.54) is 0 Å². The van der Waals surface area contributed by atoms with Gasteiger partial charge in [-0.3, -0.25) is 0 Å². The van der Waals surface area contributed by atoms with Crippen LogP contribution >= 0.6 is 15.9 Å². The highest BCUT2D eigenvalue weighted by molar-refractivity contribution is 9.09. The van der Waals surface area contributed by atoms with E-state index in [4.69, 9.17) is 4.74 Å². The van der Waals surface area contributed by atoms with Crippen molar-refractivity contribution in [1.82, 2.24) is 0 Å². The third-order valence-corrected chi connectivity index (χ3v) is 3.50. The number of esters is 1. The molecule has 3 heteroatoms. The molecule has 0 radical (unpaired) electrons. The number of cyclic esters (lactones) is 1. The van der Waals surface area contributed by atoms with E-state index in [-0.39, 0.29) is 5.97 Å². The van der Waals surface area contributed by atoms with Gasteiger partial charge < -0.3 is 4.74 Å². The van der Waals surface area contributed by atoms with Crippen molar-refractivity contribution in [2.45, 2.75) is 12.0 Å². The van der Waals surface area contributed by atoms with Gasteiger partial charge in [0.05, 0.1) is 0 Å². The van der Waals surface area contributed by atoms with Crippen molar-refractivity contribution >= 4 is 21.9 Å². The molecule has 2 nitrogen and oxygen atoms in total. The average Bonchev–Trinajstić information content (AvgIpc) is 2.57. The van der Waals surface area contributed by atoms with Crippen LogP contribution in [-0.2, 0) is 15.1 Å². The van der Waals surface area contributed by atoms with Gasteiger partial charge in [-0.05, 0) is 5.56 Å². The third kappa shape index (κ3) is 1.72. The van der Waals surface area contributed by atoms with Crippen LogP contribution in [0.1, 0.15) is 12.0 Å². The highest BCUT2D eigenvalue weighted by Gasteiger charge is 2.43. The minimum absolute atomic E-state index is 0.293. The molecule has 0 aromatic heterocycles. The Kier molecular flexibility index (Phi) is 2.65. The summed E-state index contributed by atoms with van der Waals surface area (Å²) in [6.45, 7) is 3.71. The Morgan fingerprint density at radius 2 is 2.07 bits per heavy atom. The van der Waals surface area contributed by atoms with E-state index in [2.05, 4.69) is 22.5 Å². The van der Waals surface area contributed by atoms with Gasteiger partial charge in [-0.1, -0.05) is 52.8 Å². The highest BCUT2D eigenvalue weighted by atomic mass is 79.9. The molecule has 1 fully saturated rings. The van der Waals surface area contributed by atoms with Crippen LogP contribution in [0.2, 0.25) is 0 Å². The van der Waals surface area contributed by atoms with E-state index >= 15 is 0 Å².